The van der Waals surface area contributed by atoms with Crippen LogP contribution in [0.1, 0.15) is 0 Å². The molecule has 0 aromatic heterocycles. The van der Waals surface area contributed by atoms with Gasteiger partial charge in [0.2, 0.25) is 0 Å². The average molecular weight is 897 g/mol. The van der Waals surface area contributed by atoms with Crippen molar-refractivity contribution in [1.82, 2.24) is 0 Å². The van der Waals surface area contributed by atoms with Gasteiger partial charge in [0.25, 0.3) is 0 Å². The lowest BCUT2D eigenvalue weighted by Crippen LogP contribution is -2.13. The van der Waals surface area contributed by atoms with Crippen LogP contribution < -0.4 is 20.0 Å². The number of nitrogens with zero attached hydrogens (tertiary/aromatic N) is 3. The summed E-state index contributed by atoms with van der Waals surface area (Å²) in [5, 5.41) is 11.1. The van der Waals surface area contributed by atoms with Gasteiger partial charge in [-0.3, -0.25) is 0 Å². The first-order chi connectivity index (χ1) is 34.7. The van der Waals surface area contributed by atoms with E-state index in [1.807, 2.05) is 0 Å². The van der Waals surface area contributed by atoms with Gasteiger partial charge < -0.3 is 20.0 Å². The first kappa shape index (κ1) is 42.0. The average Bonchev–Trinajstić information content (AvgIpc) is 3.43. The summed E-state index contributed by atoms with van der Waals surface area (Å²) in [6, 6.07) is 102. The van der Waals surface area contributed by atoms with Crippen molar-refractivity contribution in [1.29, 1.82) is 0 Å². The fourth-order valence-corrected chi connectivity index (χ4v) is 9.68. The highest BCUT2D eigenvalue weighted by atomic mass is 15.2. The van der Waals surface area contributed by atoms with Crippen molar-refractivity contribution in [3.63, 3.8) is 0 Å². The van der Waals surface area contributed by atoms with E-state index in [0.717, 1.165) is 68.1 Å². The van der Waals surface area contributed by atoms with Gasteiger partial charge in [-0.25, -0.2) is 0 Å². The quantitative estimate of drug-likeness (QED) is 0.132. The third-order valence-corrected chi connectivity index (χ3v) is 13.1. The molecule has 0 heterocycles. The summed E-state index contributed by atoms with van der Waals surface area (Å²) in [6.45, 7) is 0. The molecule has 0 aliphatic carbocycles. The molecule has 70 heavy (non-hydrogen) atoms. The van der Waals surface area contributed by atoms with Gasteiger partial charge in [-0.2, -0.15) is 0 Å². The van der Waals surface area contributed by atoms with Crippen molar-refractivity contribution in [2.24, 2.45) is 0 Å². The van der Waals surface area contributed by atoms with E-state index in [-0.39, 0.29) is 0 Å². The van der Waals surface area contributed by atoms with Crippen molar-refractivity contribution < 1.29 is 0 Å². The van der Waals surface area contributed by atoms with E-state index in [1.54, 1.807) is 0 Å². The fraction of sp³-hybridized carbons (Fsp3) is 0. The Morgan fingerprint density at radius 2 is 0.529 bits per heavy atom. The number of benzene rings is 12. The van der Waals surface area contributed by atoms with Crippen LogP contribution in [0.25, 0.3) is 43.4 Å². The zero-order chi connectivity index (χ0) is 46.6. The van der Waals surface area contributed by atoms with Crippen molar-refractivity contribution in [3.05, 3.63) is 285 Å². The van der Waals surface area contributed by atoms with Gasteiger partial charge in [-0.05, 0) is 171 Å². The summed E-state index contributed by atoms with van der Waals surface area (Å²) in [5.74, 6) is 0. The van der Waals surface area contributed by atoms with Crippen LogP contribution in [0.4, 0.5) is 62.6 Å². The second kappa shape index (κ2) is 18.7. The van der Waals surface area contributed by atoms with E-state index in [2.05, 4.69) is 305 Å². The van der Waals surface area contributed by atoms with Gasteiger partial charge in [0.1, 0.15) is 0 Å². The van der Waals surface area contributed by atoms with Gasteiger partial charge in [-0.15, -0.1) is 0 Å². The molecule has 0 spiro atoms. The summed E-state index contributed by atoms with van der Waals surface area (Å²) in [4.78, 5) is 7.00. The number of fused-ring (bicyclic) bond motifs is 3. The smallest absolute Gasteiger partial charge is 0.0468 e. The molecule has 0 saturated heterocycles. The summed E-state index contributed by atoms with van der Waals surface area (Å²) < 4.78 is 0. The van der Waals surface area contributed by atoms with Crippen LogP contribution in [0.15, 0.2) is 285 Å². The molecule has 0 unspecified atom stereocenters. The molecule has 0 aliphatic rings. The van der Waals surface area contributed by atoms with Crippen LogP contribution in [0, 0.1) is 0 Å². The number of anilines is 11. The molecule has 12 aromatic carbocycles. The molecular formula is C66H48N4. The molecule has 0 aliphatic heterocycles. The van der Waals surface area contributed by atoms with Crippen LogP contribution in [-0.4, -0.2) is 0 Å². The molecule has 12 aromatic rings. The number of rotatable bonds is 12. The van der Waals surface area contributed by atoms with Crippen molar-refractivity contribution in [2.45, 2.75) is 0 Å². The maximum absolute atomic E-state index is 3.76. The molecule has 332 valence electrons. The summed E-state index contributed by atoms with van der Waals surface area (Å²) in [6.07, 6.45) is 0. The first-order valence-corrected chi connectivity index (χ1v) is 23.8. The van der Waals surface area contributed by atoms with E-state index < -0.39 is 0 Å². The summed E-state index contributed by atoms with van der Waals surface area (Å²) >= 11 is 0. The van der Waals surface area contributed by atoms with Crippen LogP contribution in [0.5, 0.6) is 0 Å². The zero-order valence-electron chi connectivity index (χ0n) is 38.5. The normalized spacial score (nSPS) is 11.1. The minimum absolute atomic E-state index is 1.01. The van der Waals surface area contributed by atoms with E-state index in [0.29, 0.717) is 0 Å². The highest BCUT2D eigenvalue weighted by molar-refractivity contribution is 5.93. The standard InChI is InChI=1S/C66H48N4/c1-3-21-56(22-4-1)69(63-33-29-49-16-8-11-19-52(49)46-63)61-41-37-59(38-42-61)68(58-35-31-55(32-36-58)67-66-26-14-13-25-65(66)54-28-27-48-15-7-10-18-51(48)45-54)60-39-43-62(44-40-60)70(57-23-5-2-6-24-57)64-34-30-50-17-9-12-20-53(50)47-64/h1-47,67H. The Labute approximate surface area is 409 Å². The highest BCUT2D eigenvalue weighted by Crippen LogP contribution is 2.43. The summed E-state index contributed by atoms with van der Waals surface area (Å²) in [5.41, 5.74) is 14.0. The molecule has 0 fully saturated rings. The Kier molecular flexibility index (Phi) is 11.2. The van der Waals surface area contributed by atoms with Crippen LogP contribution in [0.2, 0.25) is 0 Å². The molecule has 12 rings (SSSR count). The lowest BCUT2D eigenvalue weighted by Gasteiger charge is -2.29. The van der Waals surface area contributed by atoms with E-state index >= 15 is 0 Å². The molecule has 1 N–H and O–H groups in total. The molecule has 0 bridgehead atoms. The molecular weight excluding hydrogens is 849 g/mol. The van der Waals surface area contributed by atoms with Gasteiger partial charge >= 0.3 is 0 Å². The van der Waals surface area contributed by atoms with Crippen LogP contribution in [-0.2, 0) is 0 Å². The lowest BCUT2D eigenvalue weighted by molar-refractivity contribution is 1.25. The number of nitrogens with one attached hydrogen (secondary N) is 1. The molecule has 4 nitrogen and oxygen atoms in total. The molecule has 0 saturated carbocycles. The van der Waals surface area contributed by atoms with E-state index in [1.165, 1.54) is 37.9 Å². The monoisotopic (exact) mass is 896 g/mol. The van der Waals surface area contributed by atoms with E-state index in [4.69, 9.17) is 0 Å². The largest absolute Gasteiger partial charge is 0.355 e. The molecule has 0 amide bonds. The Morgan fingerprint density at radius 3 is 0.986 bits per heavy atom. The predicted molar refractivity (Wildman–Crippen MR) is 298 cm³/mol. The lowest BCUT2D eigenvalue weighted by atomic mass is 10.00. The number of hydrogen-bond donors (Lipinski definition) is 1. The topological polar surface area (TPSA) is 21.8 Å². The SMILES string of the molecule is c1ccc(N(c2ccc(N(c3ccc(Nc4ccccc4-c4ccc5ccccc5c4)cc3)c3ccc(N(c4ccccc4)c4ccc5ccccc5c4)cc3)cc2)c2ccc3ccccc3c2)cc1. The molecule has 4 heteroatoms. The second-order valence-corrected chi connectivity index (χ2v) is 17.6. The predicted octanol–water partition coefficient (Wildman–Crippen LogP) is 19.0. The van der Waals surface area contributed by atoms with Crippen LogP contribution >= 0.6 is 0 Å². The second-order valence-electron chi connectivity index (χ2n) is 17.6. The number of hydrogen-bond acceptors (Lipinski definition) is 4. The van der Waals surface area contributed by atoms with Crippen molar-refractivity contribution >= 4 is 94.9 Å². The van der Waals surface area contributed by atoms with Crippen LogP contribution in [0.3, 0.4) is 0 Å². The Bertz CT molecular complexity index is 3570. The Morgan fingerprint density at radius 1 is 0.214 bits per heavy atom. The maximum atomic E-state index is 3.76. The molecule has 0 radical (unpaired) electrons. The third kappa shape index (κ3) is 8.47. The van der Waals surface area contributed by atoms with Crippen molar-refractivity contribution in [3.8, 4) is 11.1 Å². The Balaban J connectivity index is 0.921. The van der Waals surface area contributed by atoms with Gasteiger partial charge in [0, 0.05) is 68.1 Å². The fourth-order valence-electron chi connectivity index (χ4n) is 9.68. The minimum Gasteiger partial charge on any atom is -0.355 e. The highest BCUT2D eigenvalue weighted by Gasteiger charge is 2.19. The van der Waals surface area contributed by atoms with Gasteiger partial charge in [0.05, 0.1) is 0 Å². The summed E-state index contributed by atoms with van der Waals surface area (Å²) in [7, 11) is 0. The maximum Gasteiger partial charge on any atom is 0.0468 e. The van der Waals surface area contributed by atoms with Gasteiger partial charge in [-0.1, -0.05) is 152 Å². The van der Waals surface area contributed by atoms with E-state index in [9.17, 15) is 0 Å². The zero-order valence-corrected chi connectivity index (χ0v) is 38.5. The minimum atomic E-state index is 1.01. The number of para-hydroxylation sites is 3. The Hall–Kier alpha value is -9.38. The first-order valence-electron chi connectivity index (χ1n) is 23.8. The third-order valence-electron chi connectivity index (χ3n) is 13.1. The van der Waals surface area contributed by atoms with Gasteiger partial charge in [0.15, 0.2) is 0 Å². The van der Waals surface area contributed by atoms with Crippen molar-refractivity contribution in [2.75, 3.05) is 20.0 Å². The molecule has 0 atom stereocenters.